The summed E-state index contributed by atoms with van der Waals surface area (Å²) in [5.41, 5.74) is -0.0575. The molecule has 0 spiro atoms. The molecule has 0 bridgehead atoms. The number of alkyl halides is 3. The molecular formula is C19H18F3N3O2. The largest absolute Gasteiger partial charge is 0.418 e. The van der Waals surface area contributed by atoms with E-state index in [4.69, 9.17) is 0 Å². The monoisotopic (exact) mass is 377 g/mol. The van der Waals surface area contributed by atoms with Gasteiger partial charge in [0.05, 0.1) is 17.7 Å². The van der Waals surface area contributed by atoms with Crippen LogP contribution in [0.2, 0.25) is 0 Å². The van der Waals surface area contributed by atoms with Crippen molar-refractivity contribution in [3.05, 3.63) is 59.7 Å². The standard InChI is InChI=1S/C19H18F3N3O2/c20-19(21,22)15-3-1-2-4-16(15)25-18(27)24-14-7-5-12(6-8-14)11-17(26)23-13-9-10-13/h1-8,13H,9-11H2,(H,23,26)(H2,24,25,27). The van der Waals surface area contributed by atoms with Crippen LogP contribution >= 0.6 is 0 Å². The van der Waals surface area contributed by atoms with E-state index in [0.717, 1.165) is 24.5 Å². The first-order chi connectivity index (χ1) is 12.8. The first kappa shape index (κ1) is 18.8. The Balaban J connectivity index is 1.57. The number of hydrogen-bond donors (Lipinski definition) is 3. The first-order valence-corrected chi connectivity index (χ1v) is 8.44. The highest BCUT2D eigenvalue weighted by Crippen LogP contribution is 2.34. The fourth-order valence-corrected chi connectivity index (χ4v) is 2.52. The number of carbonyl (C=O) groups is 2. The van der Waals surface area contributed by atoms with E-state index in [1.54, 1.807) is 24.3 Å². The summed E-state index contributed by atoms with van der Waals surface area (Å²) in [5.74, 6) is -0.0558. The van der Waals surface area contributed by atoms with Crippen molar-refractivity contribution in [2.24, 2.45) is 0 Å². The Bertz CT molecular complexity index is 831. The smallest absolute Gasteiger partial charge is 0.353 e. The lowest BCUT2D eigenvalue weighted by Gasteiger charge is -2.14. The number of halogens is 3. The second-order valence-electron chi connectivity index (χ2n) is 6.34. The molecule has 3 amide bonds. The molecular weight excluding hydrogens is 359 g/mol. The Kier molecular flexibility index (Phi) is 5.34. The van der Waals surface area contributed by atoms with E-state index in [1.165, 1.54) is 18.2 Å². The summed E-state index contributed by atoms with van der Waals surface area (Å²) in [6.45, 7) is 0. The number of anilines is 2. The van der Waals surface area contributed by atoms with Gasteiger partial charge < -0.3 is 16.0 Å². The highest BCUT2D eigenvalue weighted by molar-refractivity contribution is 6.00. The molecule has 2 aromatic rings. The maximum absolute atomic E-state index is 13.0. The first-order valence-electron chi connectivity index (χ1n) is 8.44. The molecule has 1 saturated carbocycles. The molecule has 5 nitrogen and oxygen atoms in total. The van der Waals surface area contributed by atoms with E-state index >= 15 is 0 Å². The zero-order valence-electron chi connectivity index (χ0n) is 14.3. The lowest BCUT2D eigenvalue weighted by atomic mass is 10.1. The number of benzene rings is 2. The molecule has 0 aliphatic heterocycles. The number of amides is 3. The predicted octanol–water partition coefficient (Wildman–Crippen LogP) is 4.17. The van der Waals surface area contributed by atoms with Gasteiger partial charge in [-0.25, -0.2) is 4.79 Å². The molecule has 1 fully saturated rings. The highest BCUT2D eigenvalue weighted by Gasteiger charge is 2.33. The molecule has 3 N–H and O–H groups in total. The van der Waals surface area contributed by atoms with E-state index in [2.05, 4.69) is 16.0 Å². The second-order valence-corrected chi connectivity index (χ2v) is 6.34. The van der Waals surface area contributed by atoms with E-state index < -0.39 is 17.8 Å². The lowest BCUT2D eigenvalue weighted by Crippen LogP contribution is -2.26. The fourth-order valence-electron chi connectivity index (χ4n) is 2.52. The van der Waals surface area contributed by atoms with Gasteiger partial charge in [0.2, 0.25) is 5.91 Å². The summed E-state index contributed by atoms with van der Waals surface area (Å²) >= 11 is 0. The topological polar surface area (TPSA) is 70.2 Å². The van der Waals surface area contributed by atoms with Crippen molar-refractivity contribution in [3.8, 4) is 0 Å². The molecule has 1 aliphatic carbocycles. The number of urea groups is 1. The van der Waals surface area contributed by atoms with Crippen LogP contribution in [0.5, 0.6) is 0 Å². The van der Waals surface area contributed by atoms with Gasteiger partial charge in [0.25, 0.3) is 0 Å². The number of carbonyl (C=O) groups excluding carboxylic acids is 2. The van der Waals surface area contributed by atoms with Gasteiger partial charge in [-0.2, -0.15) is 13.2 Å². The molecule has 8 heteroatoms. The second kappa shape index (κ2) is 7.69. The van der Waals surface area contributed by atoms with E-state index in [-0.39, 0.29) is 18.0 Å². The predicted molar refractivity (Wildman–Crippen MR) is 95.4 cm³/mol. The third-order valence-corrected chi connectivity index (χ3v) is 4.00. The molecule has 0 heterocycles. The van der Waals surface area contributed by atoms with Gasteiger partial charge >= 0.3 is 12.2 Å². The summed E-state index contributed by atoms with van der Waals surface area (Å²) in [6.07, 6.45) is -2.29. The van der Waals surface area contributed by atoms with Crippen LogP contribution in [0.1, 0.15) is 24.0 Å². The summed E-state index contributed by atoms with van der Waals surface area (Å²) < 4.78 is 38.9. The van der Waals surface area contributed by atoms with Crippen LogP contribution in [0.15, 0.2) is 48.5 Å². The summed E-state index contributed by atoms with van der Waals surface area (Å²) in [4.78, 5) is 23.8. The van der Waals surface area contributed by atoms with Crippen molar-refractivity contribution in [2.75, 3.05) is 10.6 Å². The van der Waals surface area contributed by atoms with Crippen LogP contribution in [-0.4, -0.2) is 18.0 Å². The van der Waals surface area contributed by atoms with Gasteiger partial charge in [-0.15, -0.1) is 0 Å². The van der Waals surface area contributed by atoms with Crippen LogP contribution in [0, 0.1) is 0 Å². The minimum Gasteiger partial charge on any atom is -0.353 e. The Hall–Kier alpha value is -3.03. The SMILES string of the molecule is O=C(Cc1ccc(NC(=O)Nc2ccccc2C(F)(F)F)cc1)NC1CC1. The van der Waals surface area contributed by atoms with Gasteiger partial charge in [-0.1, -0.05) is 24.3 Å². The zero-order chi connectivity index (χ0) is 19.4. The molecule has 0 saturated heterocycles. The van der Waals surface area contributed by atoms with E-state index in [0.29, 0.717) is 11.7 Å². The van der Waals surface area contributed by atoms with Gasteiger partial charge in [0.15, 0.2) is 0 Å². The number of nitrogens with one attached hydrogen (secondary N) is 3. The van der Waals surface area contributed by atoms with Crippen molar-refractivity contribution in [1.82, 2.24) is 5.32 Å². The number of hydrogen-bond acceptors (Lipinski definition) is 2. The molecule has 142 valence electrons. The minimum atomic E-state index is -4.56. The van der Waals surface area contributed by atoms with Crippen molar-refractivity contribution < 1.29 is 22.8 Å². The van der Waals surface area contributed by atoms with Crippen molar-refractivity contribution >= 4 is 23.3 Å². The normalized spacial score (nSPS) is 13.7. The third-order valence-electron chi connectivity index (χ3n) is 4.00. The van der Waals surface area contributed by atoms with Gasteiger partial charge in [0, 0.05) is 11.7 Å². The molecule has 1 aliphatic rings. The third kappa shape index (κ3) is 5.47. The molecule has 3 rings (SSSR count). The van der Waals surface area contributed by atoms with Crippen LogP contribution < -0.4 is 16.0 Å². The molecule has 0 unspecified atom stereocenters. The van der Waals surface area contributed by atoms with Gasteiger partial charge in [-0.3, -0.25) is 4.79 Å². The average molecular weight is 377 g/mol. The van der Waals surface area contributed by atoms with Crippen LogP contribution in [0.4, 0.5) is 29.3 Å². The van der Waals surface area contributed by atoms with Crippen LogP contribution in [-0.2, 0) is 17.4 Å². The Morgan fingerprint density at radius 2 is 1.63 bits per heavy atom. The van der Waals surface area contributed by atoms with Crippen LogP contribution in [0.25, 0.3) is 0 Å². The van der Waals surface area contributed by atoms with Crippen molar-refractivity contribution in [2.45, 2.75) is 31.5 Å². The Morgan fingerprint density at radius 3 is 2.26 bits per heavy atom. The Morgan fingerprint density at radius 1 is 0.963 bits per heavy atom. The average Bonchev–Trinajstić information content (AvgIpc) is 3.40. The van der Waals surface area contributed by atoms with Crippen molar-refractivity contribution in [1.29, 1.82) is 0 Å². The number of rotatable bonds is 5. The molecule has 2 aromatic carbocycles. The van der Waals surface area contributed by atoms with E-state index in [1.807, 2.05) is 0 Å². The number of para-hydroxylation sites is 1. The summed E-state index contributed by atoms with van der Waals surface area (Å²) in [7, 11) is 0. The fraction of sp³-hybridized carbons (Fsp3) is 0.263. The van der Waals surface area contributed by atoms with Crippen molar-refractivity contribution in [3.63, 3.8) is 0 Å². The minimum absolute atomic E-state index is 0.0558. The van der Waals surface area contributed by atoms with E-state index in [9.17, 15) is 22.8 Å². The zero-order valence-corrected chi connectivity index (χ0v) is 14.3. The van der Waals surface area contributed by atoms with Gasteiger partial charge in [0.1, 0.15) is 0 Å². The molecule has 0 aromatic heterocycles. The maximum atomic E-state index is 13.0. The quantitative estimate of drug-likeness (QED) is 0.732. The van der Waals surface area contributed by atoms with Crippen LogP contribution in [0.3, 0.4) is 0 Å². The molecule has 0 radical (unpaired) electrons. The summed E-state index contributed by atoms with van der Waals surface area (Å²) in [6, 6.07) is 10.8. The highest BCUT2D eigenvalue weighted by atomic mass is 19.4. The molecule has 0 atom stereocenters. The lowest BCUT2D eigenvalue weighted by molar-refractivity contribution is -0.137. The summed E-state index contributed by atoms with van der Waals surface area (Å²) in [5, 5.41) is 7.56. The molecule has 27 heavy (non-hydrogen) atoms. The Labute approximate surface area is 154 Å². The maximum Gasteiger partial charge on any atom is 0.418 e. The van der Waals surface area contributed by atoms with Gasteiger partial charge in [-0.05, 0) is 42.7 Å².